The van der Waals surface area contributed by atoms with Crippen LogP contribution in [0.1, 0.15) is 25.8 Å². The van der Waals surface area contributed by atoms with Gasteiger partial charge in [-0.15, -0.1) is 0 Å². The molecule has 10 heteroatoms. The van der Waals surface area contributed by atoms with E-state index in [1.807, 2.05) is 0 Å². The van der Waals surface area contributed by atoms with E-state index < -0.39 is 11.6 Å². The molecule has 0 bridgehead atoms. The quantitative estimate of drug-likeness (QED) is 0.370. The van der Waals surface area contributed by atoms with Gasteiger partial charge in [0.2, 0.25) is 0 Å². The molecule has 1 atom stereocenters. The second-order valence-electron chi connectivity index (χ2n) is 6.63. The van der Waals surface area contributed by atoms with Crippen LogP contribution >= 0.6 is 34.7 Å². The van der Waals surface area contributed by atoms with Gasteiger partial charge in [0.25, 0.3) is 0 Å². The summed E-state index contributed by atoms with van der Waals surface area (Å²) in [4.78, 5) is 13.1. The highest BCUT2D eigenvalue weighted by atomic mass is 35.5. The first-order valence-corrected chi connectivity index (χ1v) is 10.8. The second kappa shape index (κ2) is 9.30. The van der Waals surface area contributed by atoms with Gasteiger partial charge in [-0.1, -0.05) is 60.7 Å². The van der Waals surface area contributed by atoms with Gasteiger partial charge < -0.3 is 10.4 Å². The summed E-state index contributed by atoms with van der Waals surface area (Å²) in [5, 5.41) is 13.3. The van der Waals surface area contributed by atoms with Gasteiger partial charge in [0.15, 0.2) is 32.7 Å². The fourth-order valence-electron chi connectivity index (χ4n) is 2.68. The molecule has 0 spiro atoms. The lowest BCUT2D eigenvalue weighted by Crippen LogP contribution is -2.26. The summed E-state index contributed by atoms with van der Waals surface area (Å²) in [5.41, 5.74) is 0.656. The molecule has 1 unspecified atom stereocenters. The van der Waals surface area contributed by atoms with Crippen molar-refractivity contribution < 1.29 is 13.9 Å². The minimum Gasteiger partial charge on any atom is -0.394 e. The molecule has 3 rings (SSSR count). The molecular weight excluding hydrogens is 426 g/mol. The van der Waals surface area contributed by atoms with Crippen molar-refractivity contribution in [2.75, 3.05) is 11.9 Å². The predicted octanol–water partition coefficient (Wildman–Crippen LogP) is 5.13. The van der Waals surface area contributed by atoms with Crippen LogP contribution in [0.15, 0.2) is 23.4 Å². The van der Waals surface area contributed by atoms with Crippen molar-refractivity contribution in [1.29, 1.82) is 0 Å². The highest BCUT2D eigenvalue weighted by Crippen LogP contribution is 2.33. The fraction of sp³-hybridized carbons (Fsp3) is 0.389. The Morgan fingerprint density at radius 1 is 1.25 bits per heavy atom. The van der Waals surface area contributed by atoms with Crippen LogP contribution < -0.4 is 5.32 Å². The van der Waals surface area contributed by atoms with Gasteiger partial charge in [-0.05, 0) is 18.4 Å². The highest BCUT2D eigenvalue weighted by molar-refractivity contribution is 7.98. The predicted molar refractivity (Wildman–Crippen MR) is 110 cm³/mol. The molecule has 0 amide bonds. The minimum absolute atomic E-state index is 0.0484. The Hall–Kier alpha value is -1.55. The summed E-state index contributed by atoms with van der Waals surface area (Å²) in [6, 6.07) is 3.88. The number of rotatable bonds is 8. The number of benzene rings is 1. The maximum Gasteiger partial charge on any atom is 0.191 e. The molecule has 5 nitrogen and oxygen atoms in total. The van der Waals surface area contributed by atoms with E-state index in [4.69, 9.17) is 11.6 Å². The first-order valence-electron chi connectivity index (χ1n) is 8.64. The van der Waals surface area contributed by atoms with E-state index in [9.17, 15) is 13.9 Å². The van der Waals surface area contributed by atoms with Gasteiger partial charge in [0.05, 0.1) is 12.6 Å². The number of hydrogen-bond donors (Lipinski definition) is 2. The number of fused-ring (bicyclic) bond motifs is 1. The SMILES string of the molecule is CC(C)CC(CO)Nc1nc(SCc2cccc(F)c2F)nc2nc(Cl)sc12. The number of aliphatic hydroxyl groups excluding tert-OH is 1. The summed E-state index contributed by atoms with van der Waals surface area (Å²) >= 11 is 8.46. The third kappa shape index (κ3) is 5.08. The number of aromatic nitrogens is 3. The molecule has 2 heterocycles. The van der Waals surface area contributed by atoms with Gasteiger partial charge in [-0.3, -0.25) is 0 Å². The third-order valence-electron chi connectivity index (χ3n) is 3.91. The van der Waals surface area contributed by atoms with Crippen LogP contribution in [0.3, 0.4) is 0 Å². The standard InChI is InChI=1S/C18H19ClF2N4OS2/c1-9(2)6-11(7-26)22-15-14-16(23-17(19)28-14)25-18(24-15)27-8-10-4-3-5-12(20)13(10)21/h3-5,9,11,26H,6-8H2,1-2H3,(H,22,24,25). The molecule has 1 aromatic carbocycles. The first kappa shape index (κ1) is 21.2. The number of thioether (sulfide) groups is 1. The van der Waals surface area contributed by atoms with Crippen molar-refractivity contribution in [3.8, 4) is 0 Å². The summed E-state index contributed by atoms with van der Waals surface area (Å²) in [6.07, 6.45) is 0.755. The smallest absolute Gasteiger partial charge is 0.191 e. The molecule has 0 saturated heterocycles. The monoisotopic (exact) mass is 444 g/mol. The molecule has 0 aliphatic heterocycles. The molecule has 0 aliphatic rings. The maximum atomic E-state index is 13.9. The van der Waals surface area contributed by atoms with Crippen LogP contribution in [0.5, 0.6) is 0 Å². The lowest BCUT2D eigenvalue weighted by Gasteiger charge is -2.19. The van der Waals surface area contributed by atoms with Gasteiger partial charge in [-0.25, -0.2) is 23.7 Å². The van der Waals surface area contributed by atoms with Crippen LogP contribution in [0, 0.1) is 17.6 Å². The van der Waals surface area contributed by atoms with E-state index in [0.717, 1.165) is 12.5 Å². The summed E-state index contributed by atoms with van der Waals surface area (Å²) < 4.78 is 28.3. The number of nitrogens with one attached hydrogen (secondary N) is 1. The molecule has 0 radical (unpaired) electrons. The molecule has 2 N–H and O–H groups in total. The van der Waals surface area contributed by atoms with Crippen molar-refractivity contribution in [2.24, 2.45) is 5.92 Å². The average Bonchev–Trinajstić information content (AvgIpc) is 3.02. The molecule has 0 saturated carbocycles. The number of anilines is 1. The van der Waals surface area contributed by atoms with Crippen molar-refractivity contribution in [2.45, 2.75) is 37.2 Å². The lowest BCUT2D eigenvalue weighted by molar-refractivity contribution is 0.259. The Bertz CT molecular complexity index is 970. The van der Waals surface area contributed by atoms with Gasteiger partial charge in [0, 0.05) is 11.3 Å². The Morgan fingerprint density at radius 2 is 2.04 bits per heavy atom. The first-order chi connectivity index (χ1) is 13.4. The van der Waals surface area contributed by atoms with Crippen LogP contribution in [0.4, 0.5) is 14.6 Å². The largest absolute Gasteiger partial charge is 0.394 e. The molecule has 2 aromatic heterocycles. The number of hydrogen-bond acceptors (Lipinski definition) is 7. The minimum atomic E-state index is -0.886. The Morgan fingerprint density at radius 3 is 2.75 bits per heavy atom. The summed E-state index contributed by atoms with van der Waals surface area (Å²) in [5.74, 6) is -0.680. The number of thiazole rings is 1. The molecular formula is C18H19ClF2N4OS2. The molecule has 3 aromatic rings. The Kier molecular flexibility index (Phi) is 7.03. The number of aliphatic hydroxyl groups is 1. The van der Waals surface area contributed by atoms with Gasteiger partial charge >= 0.3 is 0 Å². The van der Waals surface area contributed by atoms with Crippen LogP contribution in [0.2, 0.25) is 4.47 Å². The number of halogens is 3. The normalized spacial score (nSPS) is 12.7. The van der Waals surface area contributed by atoms with E-state index in [1.165, 1.54) is 35.2 Å². The fourth-order valence-corrected chi connectivity index (χ4v) is 4.50. The van der Waals surface area contributed by atoms with Crippen LogP contribution in [-0.2, 0) is 5.75 Å². The van der Waals surface area contributed by atoms with Crippen LogP contribution in [-0.4, -0.2) is 32.7 Å². The summed E-state index contributed by atoms with van der Waals surface area (Å²) in [6.45, 7) is 4.09. The van der Waals surface area contributed by atoms with E-state index in [2.05, 4.69) is 34.1 Å². The van der Waals surface area contributed by atoms with Crippen molar-refractivity contribution in [3.05, 3.63) is 39.9 Å². The zero-order valence-electron chi connectivity index (χ0n) is 15.2. The Balaban J connectivity index is 1.87. The van der Waals surface area contributed by atoms with E-state index >= 15 is 0 Å². The van der Waals surface area contributed by atoms with Crippen molar-refractivity contribution in [1.82, 2.24) is 15.0 Å². The topological polar surface area (TPSA) is 70.9 Å². The molecule has 0 fully saturated rings. The molecule has 150 valence electrons. The van der Waals surface area contributed by atoms with Gasteiger partial charge in [0.1, 0.15) is 4.70 Å². The second-order valence-corrected chi connectivity index (χ2v) is 9.15. The van der Waals surface area contributed by atoms with Crippen LogP contribution in [0.25, 0.3) is 10.3 Å². The average molecular weight is 445 g/mol. The number of nitrogens with zero attached hydrogens (tertiary/aromatic N) is 3. The van der Waals surface area contributed by atoms with Crippen molar-refractivity contribution >= 4 is 50.9 Å². The highest BCUT2D eigenvalue weighted by Gasteiger charge is 2.18. The maximum absolute atomic E-state index is 13.9. The van der Waals surface area contributed by atoms with Crippen molar-refractivity contribution in [3.63, 3.8) is 0 Å². The summed E-state index contributed by atoms with van der Waals surface area (Å²) in [7, 11) is 0. The van der Waals surface area contributed by atoms with E-state index in [-0.39, 0.29) is 24.0 Å². The molecule has 28 heavy (non-hydrogen) atoms. The lowest BCUT2D eigenvalue weighted by atomic mass is 10.0. The van der Waals surface area contributed by atoms with E-state index in [1.54, 1.807) is 0 Å². The molecule has 0 aliphatic carbocycles. The third-order valence-corrected chi connectivity index (χ3v) is 5.96. The zero-order chi connectivity index (χ0) is 20.3. The Labute approximate surface area is 174 Å². The van der Waals surface area contributed by atoms with Gasteiger partial charge in [-0.2, -0.15) is 0 Å². The zero-order valence-corrected chi connectivity index (χ0v) is 17.6. The van der Waals surface area contributed by atoms with E-state index in [0.29, 0.717) is 31.7 Å².